The minimum atomic E-state index is -0.00214. The molecule has 0 fully saturated rings. The maximum atomic E-state index is 10.8. The molecule has 1 aliphatic heterocycles. The number of carbonyl (C=O) groups excluding carboxylic acids is 1. The van der Waals surface area contributed by atoms with Crippen molar-refractivity contribution in [3.05, 3.63) is 33.8 Å². The Morgan fingerprint density at radius 1 is 1.56 bits per heavy atom. The van der Waals surface area contributed by atoms with Gasteiger partial charge in [-0.1, -0.05) is 15.9 Å². The molecule has 0 aromatic heterocycles. The fourth-order valence-electron chi connectivity index (χ4n) is 1.87. The van der Waals surface area contributed by atoms with Gasteiger partial charge in [0.2, 0.25) is 0 Å². The number of benzene rings is 1. The Morgan fingerprint density at radius 3 is 2.81 bits per heavy atom. The highest BCUT2D eigenvalue weighted by atomic mass is 79.9. The molecular formula is C12H12BrO2P. The quantitative estimate of drug-likeness (QED) is 0.631. The fraction of sp³-hybridized carbons (Fsp3) is 0.333. The average Bonchev–Trinajstić information content (AvgIpc) is 2.22. The number of hydrogen-bond acceptors (Lipinski definition) is 2. The molecule has 0 radical (unpaired) electrons. The molecule has 1 aromatic carbocycles. The van der Waals surface area contributed by atoms with Gasteiger partial charge in [0, 0.05) is 28.7 Å². The first-order chi connectivity index (χ1) is 7.70. The minimum Gasteiger partial charge on any atom is -0.383 e. The summed E-state index contributed by atoms with van der Waals surface area (Å²) in [5.74, 6) is 2.24. The molecular weight excluding hydrogens is 287 g/mol. The zero-order valence-electron chi connectivity index (χ0n) is 8.94. The van der Waals surface area contributed by atoms with Crippen LogP contribution >= 0.6 is 24.1 Å². The first kappa shape index (κ1) is 12.0. The monoisotopic (exact) mass is 298 g/mol. The summed E-state index contributed by atoms with van der Waals surface area (Å²) in [6, 6.07) is 5.84. The number of rotatable bonds is 4. The van der Waals surface area contributed by atoms with Gasteiger partial charge < -0.3 is 4.74 Å². The van der Waals surface area contributed by atoms with Gasteiger partial charge in [-0.3, -0.25) is 4.79 Å². The number of ether oxygens (including phenoxy) is 1. The Bertz CT molecular complexity index is 445. The lowest BCUT2D eigenvalue weighted by molar-refractivity contribution is 0.112. The van der Waals surface area contributed by atoms with Crippen molar-refractivity contribution in [2.75, 3.05) is 19.9 Å². The van der Waals surface area contributed by atoms with E-state index in [2.05, 4.69) is 27.8 Å². The van der Waals surface area contributed by atoms with Crippen LogP contribution in [-0.4, -0.2) is 32.0 Å². The van der Waals surface area contributed by atoms with Gasteiger partial charge in [-0.15, -0.1) is 8.20 Å². The lowest BCUT2D eigenvalue weighted by Crippen LogP contribution is -2.39. The van der Waals surface area contributed by atoms with Crippen LogP contribution in [0.15, 0.2) is 22.7 Å². The highest BCUT2D eigenvalue weighted by Crippen LogP contribution is 2.37. The molecule has 1 unspecified atom stereocenters. The zero-order valence-corrected chi connectivity index (χ0v) is 11.4. The van der Waals surface area contributed by atoms with Crippen molar-refractivity contribution in [1.82, 2.24) is 0 Å². The van der Waals surface area contributed by atoms with Gasteiger partial charge >= 0.3 is 0 Å². The van der Waals surface area contributed by atoms with Crippen LogP contribution in [0.2, 0.25) is 0 Å². The van der Waals surface area contributed by atoms with Crippen LogP contribution in [0.1, 0.15) is 15.9 Å². The third kappa shape index (κ3) is 2.13. The average molecular weight is 299 g/mol. The van der Waals surface area contributed by atoms with Crippen molar-refractivity contribution in [3.8, 4) is 0 Å². The Morgan fingerprint density at radius 2 is 2.31 bits per heavy atom. The van der Waals surface area contributed by atoms with E-state index in [9.17, 15) is 4.79 Å². The van der Waals surface area contributed by atoms with Crippen molar-refractivity contribution in [2.45, 2.75) is 5.41 Å². The van der Waals surface area contributed by atoms with Crippen molar-refractivity contribution in [2.24, 2.45) is 0 Å². The second-order valence-electron chi connectivity index (χ2n) is 3.95. The van der Waals surface area contributed by atoms with E-state index in [-0.39, 0.29) is 5.41 Å². The van der Waals surface area contributed by atoms with Gasteiger partial charge in [-0.25, -0.2) is 0 Å². The van der Waals surface area contributed by atoms with Crippen LogP contribution in [0.5, 0.6) is 0 Å². The smallest absolute Gasteiger partial charge is 0.150 e. The molecule has 0 amide bonds. The molecule has 16 heavy (non-hydrogen) atoms. The Hall–Kier alpha value is -0.500. The second-order valence-corrected chi connectivity index (χ2v) is 5.81. The van der Waals surface area contributed by atoms with E-state index in [0.717, 1.165) is 22.5 Å². The van der Waals surface area contributed by atoms with E-state index in [4.69, 9.17) is 4.74 Å². The molecule has 1 aliphatic rings. The summed E-state index contributed by atoms with van der Waals surface area (Å²) in [5.41, 5.74) is 1.86. The number of halogens is 1. The predicted molar refractivity (Wildman–Crippen MR) is 70.9 cm³/mol. The summed E-state index contributed by atoms with van der Waals surface area (Å²) >= 11 is 3.43. The van der Waals surface area contributed by atoms with Crippen LogP contribution in [0.4, 0.5) is 0 Å². The highest BCUT2D eigenvalue weighted by Gasteiger charge is 2.34. The number of aldehydes is 1. The zero-order chi connectivity index (χ0) is 11.6. The minimum absolute atomic E-state index is 0.00214. The Balaban J connectivity index is 2.42. The molecule has 1 aromatic rings. The highest BCUT2D eigenvalue weighted by molar-refractivity contribution is 9.10. The molecule has 0 spiro atoms. The summed E-state index contributed by atoms with van der Waals surface area (Å²) in [6.45, 7) is 0.675. The first-order valence-electron chi connectivity index (χ1n) is 4.96. The van der Waals surface area contributed by atoms with Crippen molar-refractivity contribution >= 4 is 36.2 Å². The van der Waals surface area contributed by atoms with E-state index < -0.39 is 0 Å². The van der Waals surface area contributed by atoms with E-state index in [1.165, 1.54) is 8.20 Å². The van der Waals surface area contributed by atoms with E-state index >= 15 is 0 Å². The number of carbonyl (C=O) groups is 1. The van der Waals surface area contributed by atoms with E-state index in [1.54, 1.807) is 7.11 Å². The van der Waals surface area contributed by atoms with Crippen LogP contribution in [-0.2, 0) is 10.2 Å². The largest absolute Gasteiger partial charge is 0.383 e. The summed E-state index contributed by atoms with van der Waals surface area (Å²) in [7, 11) is 3.05. The summed E-state index contributed by atoms with van der Waals surface area (Å²) in [6.07, 6.45) is 1.95. The van der Waals surface area contributed by atoms with Gasteiger partial charge in [0.15, 0.2) is 0 Å². The van der Waals surface area contributed by atoms with E-state index in [1.807, 2.05) is 12.1 Å². The Labute approximate surface area is 105 Å². The van der Waals surface area contributed by atoms with Crippen molar-refractivity contribution in [1.29, 1.82) is 0 Å². The number of methoxy groups -OCH3 is 1. The Kier molecular flexibility index (Phi) is 3.58. The van der Waals surface area contributed by atoms with Gasteiger partial charge in [0.1, 0.15) is 6.29 Å². The predicted octanol–water partition coefficient (Wildman–Crippen LogP) is 2.91. The summed E-state index contributed by atoms with van der Waals surface area (Å²) < 4.78 is 6.22. The molecule has 0 saturated carbocycles. The normalized spacial score (nSPS) is 23.9. The molecule has 1 atom stereocenters. The maximum absolute atomic E-state index is 10.8. The third-order valence-corrected chi connectivity index (χ3v) is 4.63. The van der Waals surface area contributed by atoms with Crippen molar-refractivity contribution in [3.63, 3.8) is 0 Å². The molecule has 4 heteroatoms. The van der Waals surface area contributed by atoms with Crippen LogP contribution in [0.3, 0.4) is 0 Å². The lowest BCUT2D eigenvalue weighted by Gasteiger charge is -2.35. The topological polar surface area (TPSA) is 26.3 Å². The third-order valence-electron chi connectivity index (χ3n) is 2.74. The maximum Gasteiger partial charge on any atom is 0.150 e. The van der Waals surface area contributed by atoms with Crippen LogP contribution in [0, 0.1) is 0 Å². The molecule has 0 saturated heterocycles. The van der Waals surface area contributed by atoms with Gasteiger partial charge in [-0.05, 0) is 29.6 Å². The number of hydrogen-bond donors (Lipinski definition) is 0. The van der Waals surface area contributed by atoms with Gasteiger partial charge in [-0.2, -0.15) is 0 Å². The summed E-state index contributed by atoms with van der Waals surface area (Å²) in [4.78, 5) is 10.8. The molecule has 0 aliphatic carbocycles. The molecule has 0 bridgehead atoms. The van der Waals surface area contributed by atoms with E-state index in [0.29, 0.717) is 12.2 Å². The van der Waals surface area contributed by atoms with Gasteiger partial charge in [0.25, 0.3) is 0 Å². The van der Waals surface area contributed by atoms with Crippen LogP contribution in [0.25, 0.3) is 0 Å². The molecule has 2 nitrogen and oxygen atoms in total. The SMILES string of the molecule is COCC1(c2cc(Br)cc(C=O)c2)C=PC1. The van der Waals surface area contributed by atoms with Crippen molar-refractivity contribution < 1.29 is 9.53 Å². The molecule has 1 heterocycles. The molecule has 84 valence electrons. The molecule has 0 N–H and O–H groups in total. The summed E-state index contributed by atoms with van der Waals surface area (Å²) in [5, 5.41) is 0. The standard InChI is InChI=1S/C12H12BrO2P/c1-15-6-12(7-16-8-12)10-2-9(5-14)3-11(13)4-10/h2-5,7H,6,8H2,1H3. The lowest BCUT2D eigenvalue weighted by atomic mass is 9.84. The first-order valence-corrected chi connectivity index (χ1v) is 6.90. The van der Waals surface area contributed by atoms with Crippen LogP contribution < -0.4 is 0 Å². The van der Waals surface area contributed by atoms with Gasteiger partial charge in [0.05, 0.1) is 6.61 Å². The fourth-order valence-corrected chi connectivity index (χ4v) is 3.50. The molecule has 2 rings (SSSR count). The second kappa shape index (κ2) is 4.79.